The first-order chi connectivity index (χ1) is 9.40. The maximum Gasteiger partial charge on any atom is 0.240 e. The Hall–Kier alpha value is -1.61. The number of hydrogen-bond acceptors (Lipinski definition) is 2. The highest BCUT2D eigenvalue weighted by Crippen LogP contribution is 2.15. The molecule has 3 nitrogen and oxygen atoms in total. The van der Waals surface area contributed by atoms with E-state index in [1.807, 2.05) is 13.8 Å². The summed E-state index contributed by atoms with van der Waals surface area (Å²) in [6, 6.07) is 6.78. The van der Waals surface area contributed by atoms with Gasteiger partial charge in [0.05, 0.1) is 4.90 Å². The summed E-state index contributed by atoms with van der Waals surface area (Å²) < 4.78 is 26.9. The van der Waals surface area contributed by atoms with Gasteiger partial charge in [-0.1, -0.05) is 37.3 Å². The molecule has 1 unspecified atom stereocenters. The first-order valence-electron chi connectivity index (χ1n) is 6.46. The number of allylic oxidation sites excluding steroid dienone is 1. The summed E-state index contributed by atoms with van der Waals surface area (Å²) in [5.41, 5.74) is 4.83. The van der Waals surface area contributed by atoms with Crippen LogP contribution in [-0.4, -0.2) is 15.0 Å². The Bertz CT molecular complexity index is 608. The number of benzene rings is 1. The molecule has 108 valence electrons. The van der Waals surface area contributed by atoms with Crippen LogP contribution in [0.4, 0.5) is 0 Å². The third-order valence-corrected chi connectivity index (χ3v) is 4.54. The molecule has 0 aromatic heterocycles. The first kappa shape index (κ1) is 16.4. The van der Waals surface area contributed by atoms with Gasteiger partial charge < -0.3 is 0 Å². The number of nitrogens with one attached hydrogen (secondary N) is 1. The van der Waals surface area contributed by atoms with Crippen LogP contribution in [0.15, 0.2) is 59.7 Å². The van der Waals surface area contributed by atoms with Crippen LogP contribution >= 0.6 is 0 Å². The van der Waals surface area contributed by atoms with Crippen LogP contribution in [0.2, 0.25) is 0 Å². The Morgan fingerprint density at radius 1 is 1.40 bits per heavy atom. The Labute approximate surface area is 121 Å². The second-order valence-electron chi connectivity index (χ2n) is 4.76. The van der Waals surface area contributed by atoms with Crippen LogP contribution in [0.3, 0.4) is 0 Å². The maximum atomic E-state index is 12.1. The van der Waals surface area contributed by atoms with Crippen LogP contribution in [0.25, 0.3) is 0 Å². The summed E-state index contributed by atoms with van der Waals surface area (Å²) in [5.74, 6) is 0.0331. The second kappa shape index (κ2) is 7.25. The normalized spacial score (nSPS) is 12.5. The smallest absolute Gasteiger partial charge is 0.211 e. The van der Waals surface area contributed by atoms with E-state index in [2.05, 4.69) is 23.6 Å². The molecule has 0 aliphatic heterocycles. The Morgan fingerprint density at radius 2 is 2.00 bits per heavy atom. The lowest BCUT2D eigenvalue weighted by Gasteiger charge is -2.14. The zero-order valence-electron chi connectivity index (χ0n) is 12.0. The molecule has 0 fully saturated rings. The monoisotopic (exact) mass is 291 g/mol. The van der Waals surface area contributed by atoms with Gasteiger partial charge >= 0.3 is 0 Å². The molecular formula is C16H21NO2S. The van der Waals surface area contributed by atoms with Crippen molar-refractivity contribution in [3.8, 4) is 0 Å². The summed E-state index contributed by atoms with van der Waals surface area (Å²) in [6.45, 7) is 11.5. The van der Waals surface area contributed by atoms with Crippen molar-refractivity contribution in [2.75, 3.05) is 6.54 Å². The molecular weight excluding hydrogens is 270 g/mol. The van der Waals surface area contributed by atoms with E-state index in [9.17, 15) is 8.42 Å². The van der Waals surface area contributed by atoms with Gasteiger partial charge in [0, 0.05) is 6.54 Å². The highest BCUT2D eigenvalue weighted by Gasteiger charge is 2.16. The van der Waals surface area contributed by atoms with Crippen LogP contribution < -0.4 is 4.72 Å². The molecule has 0 aliphatic carbocycles. The molecule has 1 rings (SSSR count). The maximum absolute atomic E-state index is 12.1. The van der Waals surface area contributed by atoms with Crippen LogP contribution in [0, 0.1) is 12.8 Å². The average Bonchev–Trinajstić information content (AvgIpc) is 2.42. The van der Waals surface area contributed by atoms with Crippen molar-refractivity contribution in [3.63, 3.8) is 0 Å². The summed E-state index contributed by atoms with van der Waals surface area (Å²) in [7, 11) is -3.47. The van der Waals surface area contributed by atoms with Crippen LogP contribution in [-0.2, 0) is 10.0 Å². The molecule has 1 aromatic rings. The van der Waals surface area contributed by atoms with E-state index in [1.54, 1.807) is 30.3 Å². The van der Waals surface area contributed by atoms with Crippen molar-refractivity contribution in [3.05, 3.63) is 60.4 Å². The third-order valence-electron chi connectivity index (χ3n) is 3.10. The van der Waals surface area contributed by atoms with Crippen molar-refractivity contribution >= 4 is 10.0 Å². The van der Waals surface area contributed by atoms with Crippen molar-refractivity contribution in [2.45, 2.75) is 25.2 Å². The summed E-state index contributed by atoms with van der Waals surface area (Å²) in [5, 5.41) is 0. The summed E-state index contributed by atoms with van der Waals surface area (Å²) in [4.78, 5) is 0.281. The van der Waals surface area contributed by atoms with Gasteiger partial charge in [-0.2, -0.15) is 0 Å². The van der Waals surface area contributed by atoms with Gasteiger partial charge in [-0.15, -0.1) is 12.3 Å². The van der Waals surface area contributed by atoms with Crippen molar-refractivity contribution in [1.29, 1.82) is 0 Å². The van der Waals surface area contributed by atoms with E-state index in [4.69, 9.17) is 0 Å². The van der Waals surface area contributed by atoms with Gasteiger partial charge in [0.1, 0.15) is 0 Å². The molecule has 1 N–H and O–H groups in total. The minimum atomic E-state index is -3.47. The van der Waals surface area contributed by atoms with Gasteiger partial charge in [0.2, 0.25) is 10.0 Å². The average molecular weight is 291 g/mol. The lowest BCUT2D eigenvalue weighted by atomic mass is 9.99. The SMILES string of the molecule is C=C=C(CC=C)C(C)CNS(=O)(=O)c1ccc(C)cc1. The molecule has 0 aliphatic rings. The van der Waals surface area contributed by atoms with E-state index in [1.165, 1.54) is 0 Å². The van der Waals surface area contributed by atoms with Gasteiger partial charge in [0.25, 0.3) is 0 Å². The standard InChI is InChI=1S/C16H21NO2S/c1-5-7-15(6-2)14(4)12-17-20(18,19)16-10-8-13(3)9-11-16/h5,8-11,14,17H,1-2,7,12H2,3-4H3. The predicted octanol–water partition coefficient (Wildman–Crippen LogP) is 3.20. The lowest BCUT2D eigenvalue weighted by Crippen LogP contribution is -2.29. The molecule has 0 spiro atoms. The fraction of sp³-hybridized carbons (Fsp3) is 0.312. The molecule has 0 bridgehead atoms. The van der Waals surface area contributed by atoms with Gasteiger partial charge in [0.15, 0.2) is 0 Å². The fourth-order valence-corrected chi connectivity index (χ4v) is 2.89. The summed E-state index contributed by atoms with van der Waals surface area (Å²) >= 11 is 0. The van der Waals surface area contributed by atoms with Gasteiger partial charge in [-0.25, -0.2) is 13.1 Å². The topological polar surface area (TPSA) is 46.2 Å². The fourth-order valence-electron chi connectivity index (χ4n) is 1.76. The third kappa shape index (κ3) is 4.49. The Balaban J connectivity index is 2.75. The van der Waals surface area contributed by atoms with E-state index < -0.39 is 10.0 Å². The van der Waals surface area contributed by atoms with Crippen molar-refractivity contribution in [2.24, 2.45) is 5.92 Å². The molecule has 0 heterocycles. The molecule has 1 atom stereocenters. The number of hydrogen-bond donors (Lipinski definition) is 1. The van der Waals surface area contributed by atoms with Crippen molar-refractivity contribution in [1.82, 2.24) is 4.72 Å². The quantitative estimate of drug-likeness (QED) is 0.619. The zero-order chi connectivity index (χ0) is 15.2. The first-order valence-corrected chi connectivity index (χ1v) is 7.95. The highest BCUT2D eigenvalue weighted by molar-refractivity contribution is 7.89. The van der Waals surface area contributed by atoms with Gasteiger partial charge in [-0.3, -0.25) is 0 Å². The molecule has 0 saturated heterocycles. The predicted molar refractivity (Wildman–Crippen MR) is 83.0 cm³/mol. The number of aryl methyl sites for hydroxylation is 1. The molecule has 0 radical (unpaired) electrons. The minimum Gasteiger partial charge on any atom is -0.211 e. The minimum absolute atomic E-state index is 0.0331. The molecule has 1 aromatic carbocycles. The molecule has 4 heteroatoms. The highest BCUT2D eigenvalue weighted by atomic mass is 32.2. The number of sulfonamides is 1. The molecule has 0 amide bonds. The summed E-state index contributed by atoms with van der Waals surface area (Å²) in [6.07, 6.45) is 2.43. The van der Waals surface area contributed by atoms with E-state index in [0.29, 0.717) is 13.0 Å². The number of rotatable bonds is 7. The van der Waals surface area contributed by atoms with E-state index >= 15 is 0 Å². The lowest BCUT2D eigenvalue weighted by molar-refractivity contribution is 0.565. The largest absolute Gasteiger partial charge is 0.240 e. The van der Waals surface area contributed by atoms with Crippen LogP contribution in [0.5, 0.6) is 0 Å². The van der Waals surface area contributed by atoms with E-state index in [0.717, 1.165) is 11.1 Å². The van der Waals surface area contributed by atoms with Crippen LogP contribution in [0.1, 0.15) is 18.9 Å². The zero-order valence-corrected chi connectivity index (χ0v) is 12.8. The molecule has 20 heavy (non-hydrogen) atoms. The van der Waals surface area contributed by atoms with Crippen molar-refractivity contribution < 1.29 is 8.42 Å². The second-order valence-corrected chi connectivity index (χ2v) is 6.53. The van der Waals surface area contributed by atoms with Gasteiger partial charge in [-0.05, 0) is 37.0 Å². The molecule has 0 saturated carbocycles. The van der Waals surface area contributed by atoms with E-state index in [-0.39, 0.29) is 10.8 Å². The Morgan fingerprint density at radius 3 is 2.50 bits per heavy atom. The Kier molecular flexibility index (Phi) is 5.96.